The molecule has 0 fully saturated rings. The first-order valence-electron chi connectivity index (χ1n) is 8.46. The van der Waals surface area contributed by atoms with Crippen LogP contribution in [0.4, 0.5) is 0 Å². The van der Waals surface area contributed by atoms with E-state index in [-0.39, 0.29) is 11.7 Å². The predicted octanol–water partition coefficient (Wildman–Crippen LogP) is 2.51. The highest BCUT2D eigenvalue weighted by molar-refractivity contribution is 7.99. The highest BCUT2D eigenvalue weighted by Gasteiger charge is 2.14. The van der Waals surface area contributed by atoms with Gasteiger partial charge in [-0.1, -0.05) is 43.0 Å². The smallest absolute Gasteiger partial charge is 0.216 e. The molecule has 1 aromatic heterocycles. The van der Waals surface area contributed by atoms with E-state index in [0.717, 1.165) is 29.5 Å². The number of nitrogens with zero attached hydrogens (tertiary/aromatic N) is 3. The highest BCUT2D eigenvalue weighted by Crippen LogP contribution is 2.19. The maximum Gasteiger partial charge on any atom is 0.216 e. The standard InChI is InChI=1S/C18H24N4O2S/c1-4-14-6-8-15(9-7-14)16(24)12-25-18-21-20-17(22(18)5-2)10-11-19-13(3)23/h6-9H,4-5,10-12H2,1-3H3,(H,19,23). The lowest BCUT2D eigenvalue weighted by Crippen LogP contribution is -2.23. The van der Waals surface area contributed by atoms with Crippen molar-refractivity contribution in [3.8, 4) is 0 Å². The molecule has 1 amide bonds. The van der Waals surface area contributed by atoms with E-state index in [1.165, 1.54) is 24.2 Å². The van der Waals surface area contributed by atoms with Gasteiger partial charge in [-0.25, -0.2) is 0 Å². The lowest BCUT2D eigenvalue weighted by atomic mass is 10.1. The number of aryl methyl sites for hydroxylation is 1. The Labute approximate surface area is 152 Å². The van der Waals surface area contributed by atoms with E-state index in [1.54, 1.807) is 0 Å². The summed E-state index contributed by atoms with van der Waals surface area (Å²) in [5.41, 5.74) is 1.94. The molecule has 0 radical (unpaired) electrons. The zero-order chi connectivity index (χ0) is 18.2. The number of aromatic nitrogens is 3. The molecule has 1 aromatic carbocycles. The summed E-state index contributed by atoms with van der Waals surface area (Å²) in [6.45, 7) is 6.85. The van der Waals surface area contributed by atoms with Crippen molar-refractivity contribution in [3.05, 3.63) is 41.2 Å². The fourth-order valence-electron chi connectivity index (χ4n) is 2.42. The normalized spacial score (nSPS) is 10.7. The maximum atomic E-state index is 12.3. The Morgan fingerprint density at radius 3 is 2.48 bits per heavy atom. The highest BCUT2D eigenvalue weighted by atomic mass is 32.2. The van der Waals surface area contributed by atoms with Crippen LogP contribution in [-0.2, 0) is 24.2 Å². The number of carbonyl (C=O) groups is 2. The maximum absolute atomic E-state index is 12.3. The van der Waals surface area contributed by atoms with Gasteiger partial charge < -0.3 is 9.88 Å². The van der Waals surface area contributed by atoms with Crippen molar-refractivity contribution in [3.63, 3.8) is 0 Å². The lowest BCUT2D eigenvalue weighted by Gasteiger charge is -2.07. The van der Waals surface area contributed by atoms with Gasteiger partial charge in [-0.05, 0) is 18.9 Å². The topological polar surface area (TPSA) is 76.9 Å². The van der Waals surface area contributed by atoms with Crippen LogP contribution in [0.3, 0.4) is 0 Å². The molecule has 0 atom stereocenters. The monoisotopic (exact) mass is 360 g/mol. The minimum absolute atomic E-state index is 0.0585. The molecule has 0 aliphatic carbocycles. The van der Waals surface area contributed by atoms with Crippen LogP contribution in [-0.4, -0.2) is 38.8 Å². The van der Waals surface area contributed by atoms with E-state index in [4.69, 9.17) is 0 Å². The van der Waals surface area contributed by atoms with Crippen molar-refractivity contribution in [2.45, 2.75) is 45.3 Å². The van der Waals surface area contributed by atoms with Gasteiger partial charge in [0.2, 0.25) is 5.91 Å². The fraction of sp³-hybridized carbons (Fsp3) is 0.444. The number of carbonyl (C=O) groups excluding carboxylic acids is 2. The molecule has 2 rings (SSSR count). The number of hydrogen-bond donors (Lipinski definition) is 1. The van der Waals surface area contributed by atoms with E-state index in [2.05, 4.69) is 22.4 Å². The number of thioether (sulfide) groups is 1. The summed E-state index contributed by atoms with van der Waals surface area (Å²) in [6, 6.07) is 7.75. The molecule has 7 heteroatoms. The van der Waals surface area contributed by atoms with Gasteiger partial charge in [0.1, 0.15) is 5.82 Å². The fourth-order valence-corrected chi connectivity index (χ4v) is 3.33. The summed E-state index contributed by atoms with van der Waals surface area (Å²) in [5.74, 6) is 1.17. The molecule has 0 saturated carbocycles. The van der Waals surface area contributed by atoms with Gasteiger partial charge in [0.25, 0.3) is 0 Å². The molecule has 0 aliphatic heterocycles. The van der Waals surface area contributed by atoms with E-state index in [9.17, 15) is 9.59 Å². The number of ketones is 1. The first kappa shape index (κ1) is 19.2. The summed E-state index contributed by atoms with van der Waals surface area (Å²) in [7, 11) is 0. The average molecular weight is 360 g/mol. The Morgan fingerprint density at radius 1 is 1.16 bits per heavy atom. The lowest BCUT2D eigenvalue weighted by molar-refractivity contribution is -0.118. The number of benzene rings is 1. The Hall–Kier alpha value is -2.15. The molecule has 1 N–H and O–H groups in total. The van der Waals surface area contributed by atoms with Crippen LogP contribution in [0.5, 0.6) is 0 Å². The summed E-state index contributed by atoms with van der Waals surface area (Å²) >= 11 is 1.40. The second-order valence-corrected chi connectivity index (χ2v) is 6.58. The SMILES string of the molecule is CCc1ccc(C(=O)CSc2nnc(CCNC(C)=O)n2CC)cc1. The van der Waals surface area contributed by atoms with E-state index in [0.29, 0.717) is 18.7 Å². The molecule has 0 unspecified atom stereocenters. The minimum Gasteiger partial charge on any atom is -0.356 e. The van der Waals surface area contributed by atoms with Crippen LogP contribution in [0.25, 0.3) is 0 Å². The summed E-state index contributed by atoms with van der Waals surface area (Å²) in [5, 5.41) is 11.9. The third-order valence-corrected chi connectivity index (χ3v) is 4.82. The van der Waals surface area contributed by atoms with Gasteiger partial charge in [-0.2, -0.15) is 0 Å². The third-order valence-electron chi connectivity index (χ3n) is 3.85. The van der Waals surface area contributed by atoms with Gasteiger partial charge in [0.05, 0.1) is 5.75 Å². The number of rotatable bonds is 9. The Bertz CT molecular complexity index is 725. The van der Waals surface area contributed by atoms with Crippen LogP contribution in [0, 0.1) is 0 Å². The molecule has 0 spiro atoms. The van der Waals surface area contributed by atoms with E-state index >= 15 is 0 Å². The van der Waals surface area contributed by atoms with Gasteiger partial charge in [-0.15, -0.1) is 10.2 Å². The quantitative estimate of drug-likeness (QED) is 0.549. The molecule has 2 aromatic rings. The van der Waals surface area contributed by atoms with Crippen LogP contribution in [0.2, 0.25) is 0 Å². The summed E-state index contributed by atoms with van der Waals surface area (Å²) < 4.78 is 1.99. The minimum atomic E-state index is -0.0585. The van der Waals surface area contributed by atoms with Crippen molar-refractivity contribution in [1.82, 2.24) is 20.1 Å². The van der Waals surface area contributed by atoms with Crippen molar-refractivity contribution >= 4 is 23.5 Å². The van der Waals surface area contributed by atoms with E-state index in [1.807, 2.05) is 35.8 Å². The van der Waals surface area contributed by atoms with E-state index < -0.39 is 0 Å². The zero-order valence-electron chi connectivity index (χ0n) is 14.9. The largest absolute Gasteiger partial charge is 0.356 e. The van der Waals surface area contributed by atoms with Gasteiger partial charge in [0.15, 0.2) is 10.9 Å². The molecule has 1 heterocycles. The number of amides is 1. The Balaban J connectivity index is 1.96. The molecule has 0 bridgehead atoms. The van der Waals surface area contributed by atoms with Crippen molar-refractivity contribution < 1.29 is 9.59 Å². The first-order valence-corrected chi connectivity index (χ1v) is 9.45. The predicted molar refractivity (Wildman–Crippen MR) is 99.0 cm³/mol. The zero-order valence-corrected chi connectivity index (χ0v) is 15.7. The summed E-state index contributed by atoms with van der Waals surface area (Å²) in [4.78, 5) is 23.3. The second kappa shape index (κ2) is 9.36. The number of hydrogen-bond acceptors (Lipinski definition) is 5. The van der Waals surface area contributed by atoms with Crippen LogP contribution < -0.4 is 5.32 Å². The van der Waals surface area contributed by atoms with Crippen LogP contribution in [0.15, 0.2) is 29.4 Å². The number of nitrogens with one attached hydrogen (secondary N) is 1. The number of Topliss-reactive ketones (excluding diaryl/α,β-unsaturated/α-hetero) is 1. The van der Waals surface area contributed by atoms with Crippen LogP contribution >= 0.6 is 11.8 Å². The molecular formula is C18H24N4O2S. The molecule has 25 heavy (non-hydrogen) atoms. The Morgan fingerprint density at radius 2 is 1.88 bits per heavy atom. The molecule has 0 aliphatic rings. The first-order chi connectivity index (χ1) is 12.0. The van der Waals surface area contributed by atoms with Crippen molar-refractivity contribution in [2.75, 3.05) is 12.3 Å². The van der Waals surface area contributed by atoms with Gasteiger partial charge >= 0.3 is 0 Å². The molecular weight excluding hydrogens is 336 g/mol. The van der Waals surface area contributed by atoms with Crippen LogP contribution in [0.1, 0.15) is 42.5 Å². The average Bonchev–Trinajstić information content (AvgIpc) is 3.01. The molecule has 6 nitrogen and oxygen atoms in total. The second-order valence-electron chi connectivity index (χ2n) is 5.64. The van der Waals surface area contributed by atoms with Crippen molar-refractivity contribution in [1.29, 1.82) is 0 Å². The molecule has 0 saturated heterocycles. The van der Waals surface area contributed by atoms with Gasteiger partial charge in [0, 0.05) is 32.0 Å². The summed E-state index contributed by atoms with van der Waals surface area (Å²) in [6.07, 6.45) is 1.58. The molecule has 134 valence electrons. The van der Waals surface area contributed by atoms with Gasteiger partial charge in [-0.3, -0.25) is 9.59 Å². The third kappa shape index (κ3) is 5.42. The Kier molecular flexibility index (Phi) is 7.18. The van der Waals surface area contributed by atoms with Crippen molar-refractivity contribution in [2.24, 2.45) is 0 Å².